The molecular formula is C16H34N3NaO3. The molecule has 23 heavy (non-hydrogen) atoms. The molecule has 7 heteroatoms. The van der Waals surface area contributed by atoms with Crippen LogP contribution >= 0.6 is 0 Å². The van der Waals surface area contributed by atoms with Gasteiger partial charge in [-0.3, -0.25) is 10.2 Å². The zero-order valence-corrected chi connectivity index (χ0v) is 14.1. The minimum absolute atomic E-state index is 0. The van der Waals surface area contributed by atoms with Crippen molar-refractivity contribution in [1.29, 1.82) is 5.41 Å². The Balaban J connectivity index is 0. The van der Waals surface area contributed by atoms with Gasteiger partial charge < -0.3 is 20.4 Å². The first kappa shape index (κ1) is 24.9. The first-order valence-corrected chi connectivity index (χ1v) is 8.43. The van der Waals surface area contributed by atoms with Crippen molar-refractivity contribution in [1.82, 2.24) is 10.2 Å². The molecule has 0 heterocycles. The molecule has 1 atom stereocenters. The van der Waals surface area contributed by atoms with E-state index in [9.17, 15) is 9.90 Å². The molecule has 0 rings (SSSR count). The van der Waals surface area contributed by atoms with Gasteiger partial charge in [-0.1, -0.05) is 58.3 Å². The molecule has 0 aliphatic rings. The summed E-state index contributed by atoms with van der Waals surface area (Å²) in [6, 6.07) is 0. The van der Waals surface area contributed by atoms with Crippen LogP contribution < -0.4 is 5.32 Å². The summed E-state index contributed by atoms with van der Waals surface area (Å²) in [6.45, 7) is 1.97. The molecule has 1 unspecified atom stereocenters. The molecule has 0 fully saturated rings. The molecule has 0 aromatic heterocycles. The minimum atomic E-state index is -0.998. The molecule has 6 nitrogen and oxygen atoms in total. The van der Waals surface area contributed by atoms with Crippen LogP contribution in [-0.4, -0.2) is 76.4 Å². The van der Waals surface area contributed by atoms with E-state index in [1.165, 1.54) is 56.9 Å². The van der Waals surface area contributed by atoms with E-state index in [4.69, 9.17) is 10.5 Å². The quantitative estimate of drug-likeness (QED) is 0.135. The third kappa shape index (κ3) is 16.3. The Bertz CT molecular complexity index is 317. The van der Waals surface area contributed by atoms with E-state index in [0.29, 0.717) is 6.42 Å². The van der Waals surface area contributed by atoms with Crippen LogP contribution in [0.2, 0.25) is 0 Å². The number of hydrogen-bond donors (Lipinski definition) is 4. The van der Waals surface area contributed by atoms with Gasteiger partial charge in [-0.15, -0.1) is 0 Å². The fourth-order valence-corrected chi connectivity index (χ4v) is 2.27. The predicted octanol–water partition coefficient (Wildman–Crippen LogP) is 2.12. The SMILES string of the molecule is CCCCCCCCCCCC(O)NC(=N)N(C)CC(=O)O.[NaH]. The second-order valence-electron chi connectivity index (χ2n) is 5.88. The number of unbranched alkanes of at least 4 members (excludes halogenated alkanes) is 8. The number of aliphatic carboxylic acids is 1. The van der Waals surface area contributed by atoms with Crippen molar-refractivity contribution in [2.45, 2.75) is 77.4 Å². The molecule has 0 aromatic rings. The summed E-state index contributed by atoms with van der Waals surface area (Å²) in [4.78, 5) is 11.8. The fraction of sp³-hybridized carbons (Fsp3) is 0.875. The van der Waals surface area contributed by atoms with Crippen LogP contribution in [0.1, 0.15) is 71.1 Å². The molecule has 0 saturated heterocycles. The summed E-state index contributed by atoms with van der Waals surface area (Å²) in [7, 11) is 1.51. The molecular weight excluding hydrogens is 305 g/mol. The van der Waals surface area contributed by atoms with Crippen molar-refractivity contribution >= 4 is 41.5 Å². The van der Waals surface area contributed by atoms with Gasteiger partial charge in [0.25, 0.3) is 0 Å². The zero-order valence-electron chi connectivity index (χ0n) is 14.1. The van der Waals surface area contributed by atoms with Gasteiger partial charge in [-0.25, -0.2) is 0 Å². The molecule has 132 valence electrons. The van der Waals surface area contributed by atoms with E-state index in [-0.39, 0.29) is 42.1 Å². The molecule has 0 saturated carbocycles. The fourth-order valence-electron chi connectivity index (χ4n) is 2.27. The van der Waals surface area contributed by atoms with Gasteiger partial charge in [-0.05, 0) is 12.8 Å². The number of aliphatic hydroxyl groups is 1. The zero-order chi connectivity index (χ0) is 16.8. The van der Waals surface area contributed by atoms with Crippen molar-refractivity contribution in [3.05, 3.63) is 0 Å². The summed E-state index contributed by atoms with van der Waals surface area (Å²) in [5.74, 6) is -1.06. The standard InChI is InChI=1S/C16H33N3O3.Na.H/c1-3-4-5-6-7-8-9-10-11-12-14(20)18-16(17)19(2)13-15(21)22;;/h14,20H,3-13H2,1-2H3,(H2,17,18)(H,21,22);;. The van der Waals surface area contributed by atoms with E-state index in [2.05, 4.69) is 12.2 Å². The summed E-state index contributed by atoms with van der Waals surface area (Å²) in [6.07, 6.45) is 10.8. The average Bonchev–Trinajstić information content (AvgIpc) is 2.44. The van der Waals surface area contributed by atoms with Crippen LogP contribution in [0.5, 0.6) is 0 Å². The summed E-state index contributed by atoms with van der Waals surface area (Å²) < 4.78 is 0. The van der Waals surface area contributed by atoms with Crippen molar-refractivity contribution in [3.8, 4) is 0 Å². The van der Waals surface area contributed by atoms with Crippen molar-refractivity contribution in [2.75, 3.05) is 13.6 Å². The second kappa shape index (κ2) is 16.6. The number of aliphatic hydroxyl groups excluding tert-OH is 1. The van der Waals surface area contributed by atoms with Crippen molar-refractivity contribution < 1.29 is 15.0 Å². The van der Waals surface area contributed by atoms with E-state index in [0.717, 1.165) is 12.8 Å². The van der Waals surface area contributed by atoms with Gasteiger partial charge in [0.1, 0.15) is 12.8 Å². The molecule has 0 bridgehead atoms. The van der Waals surface area contributed by atoms with E-state index in [1.807, 2.05) is 0 Å². The van der Waals surface area contributed by atoms with Gasteiger partial charge in [-0.2, -0.15) is 0 Å². The van der Waals surface area contributed by atoms with Crippen LogP contribution in [0.3, 0.4) is 0 Å². The van der Waals surface area contributed by atoms with Gasteiger partial charge in [0.2, 0.25) is 0 Å². The first-order chi connectivity index (χ1) is 10.5. The van der Waals surface area contributed by atoms with Gasteiger partial charge >= 0.3 is 35.5 Å². The molecule has 0 aliphatic heterocycles. The number of carbonyl (C=O) groups is 1. The monoisotopic (exact) mass is 339 g/mol. The maximum atomic E-state index is 10.5. The number of carboxylic acids is 1. The number of rotatable bonds is 13. The van der Waals surface area contributed by atoms with E-state index in [1.54, 1.807) is 0 Å². The Morgan fingerprint density at radius 2 is 1.57 bits per heavy atom. The molecule has 0 aromatic carbocycles. The van der Waals surface area contributed by atoms with Crippen molar-refractivity contribution in [2.24, 2.45) is 0 Å². The average molecular weight is 339 g/mol. The Labute approximate surface area is 162 Å². The molecule has 0 spiro atoms. The second-order valence-corrected chi connectivity index (χ2v) is 5.88. The topological polar surface area (TPSA) is 96.7 Å². The Hall–Kier alpha value is -0.300. The van der Waals surface area contributed by atoms with Crippen LogP contribution in [0.4, 0.5) is 0 Å². The van der Waals surface area contributed by atoms with Gasteiger partial charge in [0.15, 0.2) is 5.96 Å². The van der Waals surface area contributed by atoms with Gasteiger partial charge in [0, 0.05) is 7.05 Å². The molecule has 4 N–H and O–H groups in total. The van der Waals surface area contributed by atoms with Crippen LogP contribution in [-0.2, 0) is 4.79 Å². The first-order valence-electron chi connectivity index (χ1n) is 8.43. The predicted molar refractivity (Wildman–Crippen MR) is 96.1 cm³/mol. The normalized spacial score (nSPS) is 11.4. The number of nitrogens with one attached hydrogen (secondary N) is 2. The van der Waals surface area contributed by atoms with E-state index >= 15 is 0 Å². The third-order valence-electron chi connectivity index (χ3n) is 3.64. The van der Waals surface area contributed by atoms with Crippen LogP contribution in [0, 0.1) is 5.41 Å². The van der Waals surface area contributed by atoms with E-state index < -0.39 is 12.2 Å². The summed E-state index contributed by atoms with van der Waals surface area (Å²) in [5.41, 5.74) is 0. The Morgan fingerprint density at radius 3 is 2.04 bits per heavy atom. The Kier molecular flexibility index (Phi) is 18.0. The number of carboxylic acid groups (broad SMARTS) is 1. The molecule has 0 amide bonds. The van der Waals surface area contributed by atoms with Gasteiger partial charge in [0.05, 0.1) is 0 Å². The number of likely N-dealkylation sites (N-methyl/N-ethyl adjacent to an activating group) is 1. The Morgan fingerprint density at radius 1 is 1.09 bits per heavy atom. The number of nitrogens with zero attached hydrogens (tertiary/aromatic N) is 1. The number of guanidine groups is 1. The summed E-state index contributed by atoms with van der Waals surface area (Å²) in [5, 5.41) is 28.7. The summed E-state index contributed by atoms with van der Waals surface area (Å²) >= 11 is 0. The van der Waals surface area contributed by atoms with Crippen molar-refractivity contribution in [3.63, 3.8) is 0 Å². The number of hydrogen-bond acceptors (Lipinski definition) is 3. The third-order valence-corrected chi connectivity index (χ3v) is 3.64. The van der Waals surface area contributed by atoms with Crippen LogP contribution in [0.25, 0.3) is 0 Å². The molecule has 0 radical (unpaired) electrons. The maximum absolute atomic E-state index is 10.5. The van der Waals surface area contributed by atoms with Crippen LogP contribution in [0.15, 0.2) is 0 Å². The molecule has 0 aliphatic carbocycles.